The summed E-state index contributed by atoms with van der Waals surface area (Å²) in [5, 5.41) is 82.7. The Kier molecular flexibility index (Phi) is 23.4. The van der Waals surface area contributed by atoms with Crippen molar-refractivity contribution in [3.05, 3.63) is 400 Å². The van der Waals surface area contributed by atoms with Crippen molar-refractivity contribution >= 4 is 173 Å². The number of aromatic nitrogens is 10. The second-order valence-electron chi connectivity index (χ2n) is 35.7. The fourth-order valence-electron chi connectivity index (χ4n) is 20.7. The number of aliphatic hydroxyl groups excluding tert-OH is 1. The Morgan fingerprint density at radius 3 is 1.62 bits per heavy atom. The lowest BCUT2D eigenvalue weighted by Crippen LogP contribution is -2.49. The van der Waals surface area contributed by atoms with Gasteiger partial charge in [0, 0.05) is 216 Å². The summed E-state index contributed by atoms with van der Waals surface area (Å²) in [6.07, 6.45) is 14.3. The van der Waals surface area contributed by atoms with E-state index >= 15 is 0 Å². The van der Waals surface area contributed by atoms with E-state index in [-0.39, 0.29) is 53.8 Å². The van der Waals surface area contributed by atoms with Crippen molar-refractivity contribution in [2.75, 3.05) is 0 Å². The molecule has 1 amide bonds. The molecule has 0 radical (unpaired) electrons. The van der Waals surface area contributed by atoms with Gasteiger partial charge in [-0.1, -0.05) is 226 Å². The maximum absolute atomic E-state index is 13.5. The van der Waals surface area contributed by atoms with E-state index in [0.29, 0.717) is 47.0 Å². The van der Waals surface area contributed by atoms with E-state index in [1.807, 2.05) is 226 Å². The van der Waals surface area contributed by atoms with Gasteiger partial charge in [-0.15, -0.1) is 0 Å². The molecule has 26 nitrogen and oxygen atoms in total. The molecule has 22 aromatic rings. The number of aromatic amines is 10. The van der Waals surface area contributed by atoms with E-state index in [4.69, 9.17) is 14.9 Å². The summed E-state index contributed by atoms with van der Waals surface area (Å²) in [5.41, 5.74) is 24.1. The van der Waals surface area contributed by atoms with Gasteiger partial charge in [0.05, 0.1) is 34.2 Å². The summed E-state index contributed by atoms with van der Waals surface area (Å²) < 4.78 is 6.21. The molecule has 10 aromatic heterocycles. The van der Waals surface area contributed by atoms with Gasteiger partial charge < -0.3 is 95.6 Å². The minimum atomic E-state index is -2.06. The average Bonchev–Trinajstić information content (AvgIpc) is 1.53. The van der Waals surface area contributed by atoms with Crippen molar-refractivity contribution in [3.63, 3.8) is 0 Å². The van der Waals surface area contributed by atoms with Crippen LogP contribution in [0.15, 0.2) is 322 Å². The number of carboxylic acids is 4. The molecule has 0 saturated heterocycles. The van der Waals surface area contributed by atoms with E-state index in [1.165, 1.54) is 11.6 Å². The van der Waals surface area contributed by atoms with Crippen molar-refractivity contribution in [2.24, 2.45) is 5.92 Å². The highest BCUT2D eigenvalue weighted by molar-refractivity contribution is 6.22. The van der Waals surface area contributed by atoms with Crippen LogP contribution < -0.4 is 5.32 Å². The van der Waals surface area contributed by atoms with E-state index in [9.17, 15) is 59.1 Å². The zero-order chi connectivity index (χ0) is 97.2. The SMILES string of the molecule is CC(Cc1c[nH]c2ccccc12)C(=O)O.CCC(=O)c1c[nH]c2ccccc12.O=C(O)C(O)Cc1c(Cc2c[nH]c3ccccc23)[nH]c2ccccc12.O=C(O)[C@@H]1Cc2c([nH]c3ccccc23)[C@@](O)(c2c[nH]c3ccccc23)C(=O)N1.O=C(O)c1cc2c([nH]c3ccccc32)c(-c2c[nH]c3ccccc23)c1O.O=C1O[C@H]2C(=C1C1=CCc3ccccc31)c1c([nH]c3ccccc13)[C@H]2c1c[nH]c2ccccc12. The summed E-state index contributed by atoms with van der Waals surface area (Å²) >= 11 is 0. The van der Waals surface area contributed by atoms with Crippen LogP contribution in [0.2, 0.25) is 0 Å². The van der Waals surface area contributed by atoms with Crippen LogP contribution in [0.4, 0.5) is 0 Å². The molecule has 26 heteroatoms. The van der Waals surface area contributed by atoms with Crippen molar-refractivity contribution in [3.8, 4) is 16.9 Å². The first-order valence-electron chi connectivity index (χ1n) is 46.4. The summed E-state index contributed by atoms with van der Waals surface area (Å²) in [5.74, 6) is -5.72. The summed E-state index contributed by atoms with van der Waals surface area (Å²) in [7, 11) is 0. The smallest absolute Gasteiger partial charge is 0.339 e. The first-order chi connectivity index (χ1) is 68.6. The molecule has 698 valence electrons. The molecule has 26 rings (SSSR count). The molecule has 0 fully saturated rings. The standard InChI is InChI=1S/C30H20N2O2.C21H17N3O4.C21H14N2O3.C20H18N2O3.C12H13NO2.C11H11NO/c33-30-25(19-14-13-16-7-1-2-8-17(16)19)27-24-20-10-4-6-12-23(20)32-28(24)26(29(27)34-30)21-15-31-22-11-5-3-9-18(21)22;25-19(26)17-9-13-11-5-1-4-8-16(11)23-18(13)21(28,20(27)24-17)14-10-22-15-7-3-2-6-12(14)15;24-20-14(21(25)26)9-13-11-5-2-4-8-17(11)23-19(13)18(20)15-10-22-16-7-3-1-6-12(15)16;23-19(20(24)25)10-15-14-6-2-4-8-17(14)22-18(15)9-12-11-21-16-7-3-1-5-13(12)16;1-8(12(14)15)6-9-7-13-11-5-3-2-4-10(9)11;1-2-11(13)9-7-12-10-6-4-3-5-8(9)10/h1-12,14-15,26,29,31-32H,13H2;1-8,10,17,22-23,28H,9H2,(H,24,27)(H,25,26);1-10,22-24H,(H,25,26);1-8,11,19,21-23H,9-10H2,(H,24,25);2-5,7-8,13H,6H2,1H3,(H,14,15);3-7,12H,2H2,1H3/t26-,29-;17-,21-;;;;/m10..../s1. The molecule has 4 aliphatic rings. The predicted molar refractivity (Wildman–Crippen MR) is 546 cm³/mol. The lowest BCUT2D eigenvalue weighted by atomic mass is 9.87. The van der Waals surface area contributed by atoms with Crippen LogP contribution in [0.1, 0.15) is 114 Å². The fourth-order valence-corrected chi connectivity index (χ4v) is 20.7. The quantitative estimate of drug-likeness (QED) is 0.0316. The first-order valence-corrected chi connectivity index (χ1v) is 46.4. The number of aliphatic hydroxyl groups is 2. The number of aromatic hydroxyl groups is 1. The molecule has 12 aromatic carbocycles. The number of allylic oxidation sites excluding steroid dienone is 1. The van der Waals surface area contributed by atoms with E-state index in [1.54, 1.807) is 25.5 Å². The Hall–Kier alpha value is -18.0. The van der Waals surface area contributed by atoms with Gasteiger partial charge in [0.25, 0.3) is 5.91 Å². The minimum absolute atomic E-state index is 0.0745. The molecule has 2 unspecified atom stereocenters. The summed E-state index contributed by atoms with van der Waals surface area (Å²) in [4.78, 5) is 116. The Morgan fingerprint density at radius 1 is 0.468 bits per heavy atom. The number of ketones is 1. The third kappa shape index (κ3) is 16.1. The Labute approximate surface area is 802 Å². The number of fused-ring (bicyclic) bond motifs is 19. The number of hydrogen-bond acceptors (Lipinski definition) is 11. The number of para-hydroxylation sites is 10. The zero-order valence-electron chi connectivity index (χ0n) is 76.0. The normalized spacial score (nSPS) is 16.1. The first kappa shape index (κ1) is 89.5. The summed E-state index contributed by atoms with van der Waals surface area (Å²) in [6.45, 7) is 3.61. The maximum Gasteiger partial charge on any atom is 0.339 e. The van der Waals surface area contributed by atoms with E-state index < -0.39 is 47.5 Å². The van der Waals surface area contributed by atoms with Gasteiger partial charge in [-0.2, -0.15) is 0 Å². The van der Waals surface area contributed by atoms with Crippen LogP contribution in [0.5, 0.6) is 5.75 Å². The Bertz CT molecular complexity index is 8830. The zero-order valence-corrected chi connectivity index (χ0v) is 76.0. The van der Waals surface area contributed by atoms with Crippen LogP contribution >= 0.6 is 0 Å². The molecule has 0 bridgehead atoms. The predicted octanol–water partition coefficient (Wildman–Crippen LogP) is 21.4. The number of Topliss-reactive ketones (excluding diaryl/α,β-unsaturated/α-hetero) is 1. The molecule has 141 heavy (non-hydrogen) atoms. The van der Waals surface area contributed by atoms with E-state index in [0.717, 1.165) is 194 Å². The number of aromatic carboxylic acids is 1. The number of ether oxygens (including phenoxy) is 1. The molecule has 2 aliphatic heterocycles. The van der Waals surface area contributed by atoms with Gasteiger partial charge >= 0.3 is 29.8 Å². The lowest BCUT2D eigenvalue weighted by Gasteiger charge is -2.25. The number of H-pyrrole nitrogens is 10. The number of aliphatic carboxylic acids is 3. The number of hydrogen-bond donors (Lipinski definition) is 18. The largest absolute Gasteiger partial charge is 0.506 e. The van der Waals surface area contributed by atoms with Gasteiger partial charge in [-0.25, -0.2) is 19.2 Å². The monoisotopic (exact) mass is 1870 g/mol. The third-order valence-electron chi connectivity index (χ3n) is 27.5. The Morgan fingerprint density at radius 2 is 0.972 bits per heavy atom. The van der Waals surface area contributed by atoms with Crippen molar-refractivity contribution in [1.29, 1.82) is 0 Å². The maximum atomic E-state index is 13.5. The molecule has 2 aliphatic carbocycles. The highest BCUT2D eigenvalue weighted by Gasteiger charge is 2.52. The minimum Gasteiger partial charge on any atom is -0.506 e. The third-order valence-corrected chi connectivity index (χ3v) is 27.5. The van der Waals surface area contributed by atoms with Gasteiger partial charge in [0.2, 0.25) is 5.60 Å². The molecule has 0 spiro atoms. The van der Waals surface area contributed by atoms with Gasteiger partial charge in [-0.3, -0.25) is 14.4 Å². The fraction of sp³-hybridized carbons (Fsp3) is 0.122. The van der Waals surface area contributed by atoms with Crippen molar-refractivity contribution in [2.45, 2.75) is 82.1 Å². The van der Waals surface area contributed by atoms with Gasteiger partial charge in [0.1, 0.15) is 23.5 Å². The molecule has 12 heterocycles. The number of phenols is 1. The molecular weight excluding hydrogens is 1780 g/mol. The highest BCUT2D eigenvalue weighted by atomic mass is 16.5. The highest BCUT2D eigenvalue weighted by Crippen LogP contribution is 2.57. The average molecular weight is 1870 g/mol. The molecule has 0 saturated carbocycles. The molecule has 18 N–H and O–H groups in total. The molecule has 6 atom stereocenters. The second kappa shape index (κ2) is 36.9. The second-order valence-corrected chi connectivity index (χ2v) is 35.7. The number of amides is 1. The number of benzene rings is 12. The van der Waals surface area contributed by atoms with Gasteiger partial charge in [-0.05, 0) is 124 Å². The van der Waals surface area contributed by atoms with Crippen LogP contribution in [0.3, 0.4) is 0 Å². The number of esters is 1. The van der Waals surface area contributed by atoms with E-state index in [2.05, 4.69) is 128 Å². The van der Waals surface area contributed by atoms with Crippen LogP contribution in [-0.4, -0.2) is 145 Å². The Balaban J connectivity index is 0.000000103. The molecular formula is C115H93N11O15. The number of carbonyl (C=O) groups is 7. The topological polar surface area (TPSA) is 440 Å². The summed E-state index contributed by atoms with van der Waals surface area (Å²) in [6, 6.07) is 87.2. The van der Waals surface area contributed by atoms with Crippen LogP contribution in [0.25, 0.3) is 142 Å². The van der Waals surface area contributed by atoms with Crippen LogP contribution in [0, 0.1) is 5.92 Å². The van der Waals surface area contributed by atoms with Gasteiger partial charge in [0.15, 0.2) is 11.9 Å². The number of nitrogens with one attached hydrogen (secondary N) is 11. The van der Waals surface area contributed by atoms with Crippen LogP contribution in [-0.2, 0) is 66.4 Å². The van der Waals surface area contributed by atoms with Crippen molar-refractivity contribution < 1.29 is 74.0 Å². The lowest BCUT2D eigenvalue weighted by molar-refractivity contribution is -0.146. The number of carbonyl (C=O) groups excluding carboxylic acids is 3. The number of carboxylic acid groups (broad SMARTS) is 4. The number of rotatable bonds is 16. The van der Waals surface area contributed by atoms with Crippen molar-refractivity contribution in [1.82, 2.24) is 55.2 Å².